The predicted molar refractivity (Wildman–Crippen MR) is 114 cm³/mol. The molecule has 0 radical (unpaired) electrons. The summed E-state index contributed by atoms with van der Waals surface area (Å²) in [6, 6.07) is 19.3. The summed E-state index contributed by atoms with van der Waals surface area (Å²) in [5.74, 6) is -0.964. The van der Waals surface area contributed by atoms with Crippen LogP contribution >= 0.6 is 0 Å². The Hall–Kier alpha value is -3.12. The van der Waals surface area contributed by atoms with Crippen LogP contribution in [0.15, 0.2) is 71.6 Å². The molecule has 5 nitrogen and oxygen atoms in total. The average Bonchev–Trinajstić information content (AvgIpc) is 2.67. The zero-order valence-corrected chi connectivity index (χ0v) is 17.2. The molecule has 0 saturated carbocycles. The maximum atomic E-state index is 12.9. The lowest BCUT2D eigenvalue weighted by atomic mass is 10.0. The minimum absolute atomic E-state index is 0.242. The summed E-state index contributed by atoms with van der Waals surface area (Å²) in [6.07, 6.45) is 1.18. The van der Waals surface area contributed by atoms with E-state index in [4.69, 9.17) is 5.11 Å². The number of anilines is 1. The molecule has 0 aliphatic heterocycles. The van der Waals surface area contributed by atoms with Crippen molar-refractivity contribution in [3.8, 4) is 0 Å². The second kappa shape index (κ2) is 8.49. The zero-order valence-electron chi connectivity index (χ0n) is 16.3. The van der Waals surface area contributed by atoms with Gasteiger partial charge in [0.1, 0.15) is 0 Å². The van der Waals surface area contributed by atoms with Gasteiger partial charge in [0.25, 0.3) is 10.0 Å². The molecule has 0 fully saturated rings. The van der Waals surface area contributed by atoms with Gasteiger partial charge in [-0.25, -0.2) is 13.2 Å². The van der Waals surface area contributed by atoms with Crippen LogP contribution in [0.25, 0.3) is 0 Å². The number of sulfonamides is 1. The van der Waals surface area contributed by atoms with Gasteiger partial charge >= 0.3 is 5.97 Å². The Labute approximate surface area is 171 Å². The second-order valence-corrected chi connectivity index (χ2v) is 8.69. The van der Waals surface area contributed by atoms with E-state index in [0.717, 1.165) is 16.7 Å². The number of carbonyl (C=O) groups is 1. The molecular formula is C23H23NO4S. The molecule has 2 N–H and O–H groups in total. The fourth-order valence-corrected chi connectivity index (χ4v) is 4.61. The fraction of sp³-hybridized carbons (Fsp3) is 0.174. The minimum atomic E-state index is -3.71. The summed E-state index contributed by atoms with van der Waals surface area (Å²) in [4.78, 5) is 11.4. The minimum Gasteiger partial charge on any atom is -0.478 e. The maximum absolute atomic E-state index is 12.9. The molecule has 0 saturated heterocycles. The van der Waals surface area contributed by atoms with Crippen molar-refractivity contribution >= 4 is 21.7 Å². The van der Waals surface area contributed by atoms with Crippen molar-refractivity contribution < 1.29 is 18.3 Å². The molecule has 3 rings (SSSR count). The van der Waals surface area contributed by atoms with E-state index in [9.17, 15) is 13.2 Å². The number of para-hydroxylation sites is 1. The van der Waals surface area contributed by atoms with Crippen LogP contribution in [0.4, 0.5) is 5.69 Å². The van der Waals surface area contributed by atoms with E-state index in [0.29, 0.717) is 24.1 Å². The molecule has 0 spiro atoms. The Morgan fingerprint density at radius 1 is 0.931 bits per heavy atom. The van der Waals surface area contributed by atoms with E-state index in [1.165, 1.54) is 0 Å². The lowest BCUT2D eigenvalue weighted by molar-refractivity contribution is 0.0696. The van der Waals surface area contributed by atoms with Gasteiger partial charge in [0.05, 0.1) is 16.1 Å². The number of hydrogen-bond acceptors (Lipinski definition) is 3. The van der Waals surface area contributed by atoms with Crippen molar-refractivity contribution in [1.29, 1.82) is 0 Å². The van der Waals surface area contributed by atoms with E-state index >= 15 is 0 Å². The first-order valence-corrected chi connectivity index (χ1v) is 10.7. The number of carboxylic acid groups (broad SMARTS) is 1. The molecule has 150 valence electrons. The largest absolute Gasteiger partial charge is 0.478 e. The topological polar surface area (TPSA) is 83.5 Å². The Bertz CT molecular complexity index is 1150. The Kier molecular flexibility index (Phi) is 6.03. The van der Waals surface area contributed by atoms with E-state index in [1.54, 1.807) is 49.4 Å². The number of carboxylic acids is 1. The number of aromatic carboxylic acids is 1. The molecule has 0 atom stereocenters. The van der Waals surface area contributed by atoms with Crippen molar-refractivity contribution in [2.75, 3.05) is 4.72 Å². The molecule has 3 aromatic carbocycles. The molecule has 3 aromatic rings. The summed E-state index contributed by atoms with van der Waals surface area (Å²) in [5, 5.41) is 9.14. The third-order valence-corrected chi connectivity index (χ3v) is 6.26. The first-order chi connectivity index (χ1) is 13.8. The first-order valence-electron chi connectivity index (χ1n) is 9.26. The summed E-state index contributed by atoms with van der Waals surface area (Å²) in [5.41, 5.74) is 4.21. The first kappa shape index (κ1) is 20.6. The van der Waals surface area contributed by atoms with Crippen molar-refractivity contribution in [3.63, 3.8) is 0 Å². The summed E-state index contributed by atoms with van der Waals surface area (Å²) >= 11 is 0. The Morgan fingerprint density at radius 2 is 1.69 bits per heavy atom. The highest BCUT2D eigenvalue weighted by atomic mass is 32.2. The second-order valence-electron chi connectivity index (χ2n) is 7.04. The van der Waals surface area contributed by atoms with Gasteiger partial charge in [0.2, 0.25) is 0 Å². The van der Waals surface area contributed by atoms with Gasteiger partial charge in [0, 0.05) is 0 Å². The van der Waals surface area contributed by atoms with E-state index < -0.39 is 16.0 Å². The fourth-order valence-electron chi connectivity index (χ4n) is 3.28. The van der Waals surface area contributed by atoms with Gasteiger partial charge in [-0.1, -0.05) is 48.0 Å². The lowest BCUT2D eigenvalue weighted by Gasteiger charge is -2.14. The third-order valence-electron chi connectivity index (χ3n) is 4.74. The van der Waals surface area contributed by atoms with E-state index in [2.05, 4.69) is 4.72 Å². The molecular weight excluding hydrogens is 386 g/mol. The average molecular weight is 410 g/mol. The molecule has 0 amide bonds. The SMILES string of the molecule is Cc1ccc(S(=O)(=O)Nc2ccccc2CCc2cccc(C(=O)O)c2)c(C)c1. The van der Waals surface area contributed by atoms with Crippen LogP contribution in [-0.4, -0.2) is 19.5 Å². The van der Waals surface area contributed by atoms with Gasteiger partial charge in [0.15, 0.2) is 0 Å². The number of benzene rings is 3. The number of nitrogens with one attached hydrogen (secondary N) is 1. The summed E-state index contributed by atoms with van der Waals surface area (Å²) < 4.78 is 28.5. The van der Waals surface area contributed by atoms with Gasteiger partial charge < -0.3 is 5.11 Å². The van der Waals surface area contributed by atoms with E-state index in [1.807, 2.05) is 31.2 Å². The normalized spacial score (nSPS) is 11.2. The number of hydrogen-bond donors (Lipinski definition) is 2. The Balaban J connectivity index is 1.82. The van der Waals surface area contributed by atoms with Crippen molar-refractivity contribution in [2.24, 2.45) is 0 Å². The van der Waals surface area contributed by atoms with Gasteiger partial charge in [-0.3, -0.25) is 4.72 Å². The molecule has 29 heavy (non-hydrogen) atoms. The maximum Gasteiger partial charge on any atom is 0.335 e. The molecule has 0 aliphatic rings. The Morgan fingerprint density at radius 3 is 2.41 bits per heavy atom. The standard InChI is InChI=1S/C23H23NO4S/c1-16-10-13-22(17(2)14-16)29(27,28)24-21-9-4-3-7-19(21)12-11-18-6-5-8-20(15-18)23(25)26/h3-10,13-15,24H,11-12H2,1-2H3,(H,25,26). The predicted octanol–water partition coefficient (Wildman–Crippen LogP) is 4.59. The van der Waals surface area contributed by atoms with Gasteiger partial charge in [-0.15, -0.1) is 0 Å². The molecule has 0 aliphatic carbocycles. The van der Waals surface area contributed by atoms with Crippen LogP contribution in [0.5, 0.6) is 0 Å². The van der Waals surface area contributed by atoms with Crippen LogP contribution in [-0.2, 0) is 22.9 Å². The van der Waals surface area contributed by atoms with Crippen LogP contribution < -0.4 is 4.72 Å². The van der Waals surface area contributed by atoms with Gasteiger partial charge in [-0.05, 0) is 67.6 Å². The molecule has 6 heteroatoms. The van der Waals surface area contributed by atoms with Crippen LogP contribution in [0, 0.1) is 13.8 Å². The smallest absolute Gasteiger partial charge is 0.335 e. The quantitative estimate of drug-likeness (QED) is 0.598. The van der Waals surface area contributed by atoms with Crippen LogP contribution in [0.3, 0.4) is 0 Å². The molecule has 0 bridgehead atoms. The highest BCUT2D eigenvalue weighted by Gasteiger charge is 2.18. The highest BCUT2D eigenvalue weighted by molar-refractivity contribution is 7.92. The summed E-state index contributed by atoms with van der Waals surface area (Å²) in [6.45, 7) is 3.70. The number of aryl methyl sites for hydroxylation is 4. The van der Waals surface area contributed by atoms with Crippen LogP contribution in [0.1, 0.15) is 32.6 Å². The number of rotatable bonds is 7. The molecule has 0 aromatic heterocycles. The molecule has 0 unspecified atom stereocenters. The lowest BCUT2D eigenvalue weighted by Crippen LogP contribution is -2.15. The highest BCUT2D eigenvalue weighted by Crippen LogP contribution is 2.24. The zero-order chi connectivity index (χ0) is 21.0. The van der Waals surface area contributed by atoms with Crippen molar-refractivity contribution in [3.05, 3.63) is 94.5 Å². The summed E-state index contributed by atoms with van der Waals surface area (Å²) in [7, 11) is -3.71. The van der Waals surface area contributed by atoms with E-state index in [-0.39, 0.29) is 10.5 Å². The van der Waals surface area contributed by atoms with Gasteiger partial charge in [-0.2, -0.15) is 0 Å². The van der Waals surface area contributed by atoms with Crippen molar-refractivity contribution in [2.45, 2.75) is 31.6 Å². The third kappa shape index (κ3) is 5.03. The van der Waals surface area contributed by atoms with Crippen LogP contribution in [0.2, 0.25) is 0 Å². The monoisotopic (exact) mass is 409 g/mol. The van der Waals surface area contributed by atoms with Crippen molar-refractivity contribution in [1.82, 2.24) is 0 Å². The molecule has 0 heterocycles.